The van der Waals surface area contributed by atoms with Crippen LogP contribution in [0.5, 0.6) is 0 Å². The molecule has 0 fully saturated rings. The summed E-state index contributed by atoms with van der Waals surface area (Å²) in [6.45, 7) is 5.73. The number of aromatic nitrogens is 3. The molecule has 2 heterocycles. The Bertz CT molecular complexity index is 601. The molecular formula is C12H18N6OS. The van der Waals surface area contributed by atoms with Gasteiger partial charge in [0.2, 0.25) is 0 Å². The van der Waals surface area contributed by atoms with E-state index < -0.39 is 0 Å². The summed E-state index contributed by atoms with van der Waals surface area (Å²) in [4.78, 5) is 18.9. The van der Waals surface area contributed by atoms with Gasteiger partial charge in [-0.2, -0.15) is 5.10 Å². The van der Waals surface area contributed by atoms with Crippen LogP contribution < -0.4 is 16.0 Å². The number of thiazole rings is 1. The highest BCUT2D eigenvalue weighted by Gasteiger charge is 2.18. The smallest absolute Gasteiger partial charge is 0.269 e. The molecule has 2 aromatic rings. The third-order valence-corrected chi connectivity index (χ3v) is 3.98. The van der Waals surface area contributed by atoms with E-state index in [0.717, 1.165) is 18.2 Å². The number of nitrogens with zero attached hydrogens (tertiary/aromatic N) is 4. The average molecular weight is 294 g/mol. The molecule has 0 aliphatic rings. The Morgan fingerprint density at radius 2 is 2.20 bits per heavy atom. The topological polar surface area (TPSA) is 89.1 Å². The summed E-state index contributed by atoms with van der Waals surface area (Å²) in [5.41, 5.74) is 6.47. The quantitative estimate of drug-likeness (QED) is 0.873. The molecule has 7 nitrogen and oxygen atoms in total. The predicted molar refractivity (Wildman–Crippen MR) is 81.2 cm³/mol. The SMILES string of the molecule is CCN(CC)c1nc(N)c(C(=O)Nc2cnn(C)c2)s1. The summed E-state index contributed by atoms with van der Waals surface area (Å²) in [6.07, 6.45) is 3.31. The second-order valence-electron chi connectivity index (χ2n) is 4.24. The fourth-order valence-electron chi connectivity index (χ4n) is 1.79. The number of nitrogens with two attached hydrogens (primary N) is 1. The second kappa shape index (κ2) is 5.91. The molecule has 8 heteroatoms. The first-order valence-electron chi connectivity index (χ1n) is 6.36. The van der Waals surface area contributed by atoms with E-state index in [9.17, 15) is 4.79 Å². The molecule has 0 unspecified atom stereocenters. The van der Waals surface area contributed by atoms with Crippen molar-refractivity contribution in [2.24, 2.45) is 7.05 Å². The highest BCUT2D eigenvalue weighted by Crippen LogP contribution is 2.28. The third-order valence-electron chi connectivity index (χ3n) is 2.85. The van der Waals surface area contributed by atoms with Crippen LogP contribution in [0.1, 0.15) is 23.5 Å². The zero-order valence-electron chi connectivity index (χ0n) is 11.8. The molecule has 3 N–H and O–H groups in total. The van der Waals surface area contributed by atoms with Crippen molar-refractivity contribution in [1.82, 2.24) is 14.8 Å². The van der Waals surface area contributed by atoms with Gasteiger partial charge in [0.25, 0.3) is 5.91 Å². The predicted octanol–water partition coefficient (Wildman–Crippen LogP) is 1.56. The Morgan fingerprint density at radius 1 is 1.50 bits per heavy atom. The number of nitrogen functional groups attached to an aromatic ring is 1. The number of nitrogens with one attached hydrogen (secondary N) is 1. The molecule has 0 atom stereocenters. The molecule has 2 rings (SSSR count). The summed E-state index contributed by atoms with van der Waals surface area (Å²) in [7, 11) is 1.79. The van der Waals surface area contributed by atoms with Gasteiger partial charge in [-0.15, -0.1) is 0 Å². The summed E-state index contributed by atoms with van der Waals surface area (Å²) in [5, 5.41) is 7.52. The monoisotopic (exact) mass is 294 g/mol. The lowest BCUT2D eigenvalue weighted by Crippen LogP contribution is -2.21. The largest absolute Gasteiger partial charge is 0.382 e. The van der Waals surface area contributed by atoms with Gasteiger partial charge in [-0.05, 0) is 13.8 Å². The van der Waals surface area contributed by atoms with Crippen LogP contribution >= 0.6 is 11.3 Å². The van der Waals surface area contributed by atoms with Crippen molar-refractivity contribution >= 4 is 33.9 Å². The van der Waals surface area contributed by atoms with E-state index in [1.807, 2.05) is 13.8 Å². The van der Waals surface area contributed by atoms with Gasteiger partial charge in [-0.25, -0.2) is 4.98 Å². The van der Waals surface area contributed by atoms with Crippen LogP contribution in [0.3, 0.4) is 0 Å². The highest BCUT2D eigenvalue weighted by molar-refractivity contribution is 7.18. The van der Waals surface area contributed by atoms with Gasteiger partial charge in [0.05, 0.1) is 11.9 Å². The zero-order valence-corrected chi connectivity index (χ0v) is 12.6. The number of carbonyl (C=O) groups excluding carboxylic acids is 1. The molecule has 0 saturated heterocycles. The summed E-state index contributed by atoms with van der Waals surface area (Å²) in [5.74, 6) is 0.00435. The Hall–Kier alpha value is -2.09. The van der Waals surface area contributed by atoms with Gasteiger partial charge in [0, 0.05) is 26.3 Å². The van der Waals surface area contributed by atoms with Crippen molar-refractivity contribution in [3.63, 3.8) is 0 Å². The minimum Gasteiger partial charge on any atom is -0.382 e. The molecule has 108 valence electrons. The van der Waals surface area contributed by atoms with Crippen molar-refractivity contribution in [2.75, 3.05) is 29.0 Å². The summed E-state index contributed by atoms with van der Waals surface area (Å²) < 4.78 is 1.62. The second-order valence-corrected chi connectivity index (χ2v) is 5.22. The van der Waals surface area contributed by atoms with E-state index in [0.29, 0.717) is 10.6 Å². The van der Waals surface area contributed by atoms with Gasteiger partial charge >= 0.3 is 0 Å². The average Bonchev–Trinajstić information content (AvgIpc) is 2.98. The van der Waals surface area contributed by atoms with E-state index in [-0.39, 0.29) is 11.7 Å². The number of aryl methyl sites for hydroxylation is 1. The molecule has 0 aliphatic heterocycles. The standard InChI is InChI=1S/C12H18N6OS/c1-4-18(5-2)12-16-10(13)9(20-12)11(19)15-8-6-14-17(3)7-8/h6-7H,4-5,13H2,1-3H3,(H,15,19). The minimum atomic E-state index is -0.258. The highest BCUT2D eigenvalue weighted by atomic mass is 32.1. The van der Waals surface area contributed by atoms with E-state index in [4.69, 9.17) is 5.73 Å². The van der Waals surface area contributed by atoms with E-state index in [2.05, 4.69) is 20.3 Å². The molecule has 0 spiro atoms. The van der Waals surface area contributed by atoms with Crippen LogP contribution in [0, 0.1) is 0 Å². The fraction of sp³-hybridized carbons (Fsp3) is 0.417. The van der Waals surface area contributed by atoms with Crippen molar-refractivity contribution in [3.8, 4) is 0 Å². The first kappa shape index (κ1) is 14.3. The van der Waals surface area contributed by atoms with Crippen LogP contribution in [0.4, 0.5) is 16.6 Å². The number of carbonyl (C=O) groups is 1. The van der Waals surface area contributed by atoms with Gasteiger partial charge < -0.3 is 16.0 Å². The van der Waals surface area contributed by atoms with E-state index >= 15 is 0 Å². The first-order chi connectivity index (χ1) is 9.55. The van der Waals surface area contributed by atoms with E-state index in [1.54, 1.807) is 24.1 Å². The summed E-state index contributed by atoms with van der Waals surface area (Å²) in [6, 6.07) is 0. The van der Waals surface area contributed by atoms with Crippen molar-refractivity contribution < 1.29 is 4.79 Å². The molecule has 2 aromatic heterocycles. The normalized spacial score (nSPS) is 10.6. The number of rotatable bonds is 5. The molecule has 1 amide bonds. The van der Waals surface area contributed by atoms with Crippen LogP contribution in [0.25, 0.3) is 0 Å². The Morgan fingerprint density at radius 3 is 2.75 bits per heavy atom. The Kier molecular flexibility index (Phi) is 4.23. The number of hydrogen-bond acceptors (Lipinski definition) is 6. The molecule has 0 saturated carbocycles. The number of amides is 1. The zero-order chi connectivity index (χ0) is 14.7. The summed E-state index contributed by atoms with van der Waals surface area (Å²) >= 11 is 1.30. The Balaban J connectivity index is 2.17. The van der Waals surface area contributed by atoms with Gasteiger partial charge in [-0.1, -0.05) is 11.3 Å². The lowest BCUT2D eigenvalue weighted by atomic mass is 10.4. The molecule has 0 bridgehead atoms. The van der Waals surface area contributed by atoms with Crippen LogP contribution in [-0.2, 0) is 7.05 Å². The van der Waals surface area contributed by atoms with Gasteiger partial charge in [-0.3, -0.25) is 9.48 Å². The maximum absolute atomic E-state index is 12.2. The fourth-order valence-corrected chi connectivity index (χ4v) is 2.79. The van der Waals surface area contributed by atoms with Gasteiger partial charge in [0.15, 0.2) is 5.13 Å². The lowest BCUT2D eigenvalue weighted by molar-refractivity contribution is 0.103. The molecule has 0 aromatic carbocycles. The van der Waals surface area contributed by atoms with E-state index in [1.165, 1.54) is 11.3 Å². The maximum Gasteiger partial charge on any atom is 0.269 e. The van der Waals surface area contributed by atoms with Crippen LogP contribution in [0.15, 0.2) is 12.4 Å². The number of anilines is 3. The van der Waals surface area contributed by atoms with Crippen molar-refractivity contribution in [2.45, 2.75) is 13.8 Å². The molecule has 0 aliphatic carbocycles. The van der Waals surface area contributed by atoms with Gasteiger partial charge in [0.1, 0.15) is 10.7 Å². The maximum atomic E-state index is 12.2. The van der Waals surface area contributed by atoms with Crippen LogP contribution in [0.2, 0.25) is 0 Å². The minimum absolute atomic E-state index is 0.258. The third kappa shape index (κ3) is 2.90. The molecule has 0 radical (unpaired) electrons. The number of hydrogen-bond donors (Lipinski definition) is 2. The lowest BCUT2D eigenvalue weighted by Gasteiger charge is -2.16. The van der Waals surface area contributed by atoms with Crippen LogP contribution in [-0.4, -0.2) is 33.8 Å². The molecular weight excluding hydrogens is 276 g/mol. The first-order valence-corrected chi connectivity index (χ1v) is 7.18. The van der Waals surface area contributed by atoms with Crippen molar-refractivity contribution in [3.05, 3.63) is 17.3 Å². The van der Waals surface area contributed by atoms with Crippen molar-refractivity contribution in [1.29, 1.82) is 0 Å². The molecule has 20 heavy (non-hydrogen) atoms. The Labute approximate surface area is 121 Å².